The number of carbonyl (C=O) groups excluding carboxylic acids is 2. The number of likely N-dealkylation sites (N-methyl/N-ethyl adjacent to an activating group) is 1. The number of sulfonamides is 1. The summed E-state index contributed by atoms with van der Waals surface area (Å²) >= 11 is 0. The Labute approximate surface area is 152 Å². The number of benzene rings is 2. The van der Waals surface area contributed by atoms with Gasteiger partial charge in [0, 0.05) is 12.7 Å². The van der Waals surface area contributed by atoms with Crippen LogP contribution in [0.25, 0.3) is 0 Å². The second-order valence-corrected chi connectivity index (χ2v) is 7.69. The van der Waals surface area contributed by atoms with Crippen LogP contribution in [0.2, 0.25) is 0 Å². The number of nitrogens with zero attached hydrogens (tertiary/aromatic N) is 1. The van der Waals surface area contributed by atoms with Gasteiger partial charge in [-0.1, -0.05) is 30.3 Å². The van der Waals surface area contributed by atoms with E-state index in [4.69, 9.17) is 0 Å². The molecule has 0 fully saturated rings. The number of nitrogens with one attached hydrogen (secondary N) is 1. The van der Waals surface area contributed by atoms with E-state index < -0.39 is 27.9 Å². The van der Waals surface area contributed by atoms with E-state index in [0.717, 1.165) is 10.6 Å². The fourth-order valence-corrected chi connectivity index (χ4v) is 2.97. The van der Waals surface area contributed by atoms with Gasteiger partial charge in [0.05, 0.1) is 18.9 Å². The molecule has 1 atom stereocenters. The van der Waals surface area contributed by atoms with Crippen LogP contribution in [0.1, 0.15) is 22.0 Å². The van der Waals surface area contributed by atoms with Gasteiger partial charge in [0.15, 0.2) is 0 Å². The first-order valence-corrected chi connectivity index (χ1v) is 9.56. The largest absolute Gasteiger partial charge is 0.465 e. The molecule has 0 spiro atoms. The molecule has 0 aliphatic heterocycles. The van der Waals surface area contributed by atoms with Crippen LogP contribution in [0.15, 0.2) is 54.6 Å². The molecule has 8 heteroatoms. The molecule has 7 nitrogen and oxygen atoms in total. The van der Waals surface area contributed by atoms with Gasteiger partial charge in [0.25, 0.3) is 0 Å². The topological polar surface area (TPSA) is 92.8 Å². The summed E-state index contributed by atoms with van der Waals surface area (Å²) in [4.78, 5) is 24.2. The first kappa shape index (κ1) is 19.6. The smallest absolute Gasteiger partial charge is 0.337 e. The van der Waals surface area contributed by atoms with Crippen molar-refractivity contribution in [2.75, 3.05) is 25.7 Å². The number of methoxy groups -OCH3 is 1. The van der Waals surface area contributed by atoms with Gasteiger partial charge in [0.2, 0.25) is 15.9 Å². The van der Waals surface area contributed by atoms with Gasteiger partial charge < -0.3 is 10.1 Å². The molecule has 2 rings (SSSR count). The summed E-state index contributed by atoms with van der Waals surface area (Å²) in [5.41, 5.74) is 1.33. The van der Waals surface area contributed by atoms with Crippen molar-refractivity contribution in [1.82, 2.24) is 4.31 Å². The highest BCUT2D eigenvalue weighted by Gasteiger charge is 2.30. The summed E-state index contributed by atoms with van der Waals surface area (Å²) in [6.45, 7) is 0. The molecule has 0 aliphatic carbocycles. The molecule has 138 valence electrons. The second kappa shape index (κ2) is 8.11. The van der Waals surface area contributed by atoms with Gasteiger partial charge in [-0.2, -0.15) is 4.31 Å². The fraction of sp³-hybridized carbons (Fsp3) is 0.222. The van der Waals surface area contributed by atoms with Crippen LogP contribution >= 0.6 is 0 Å². The summed E-state index contributed by atoms with van der Waals surface area (Å²) in [6.07, 6.45) is 1.04. The third kappa shape index (κ3) is 4.68. The lowest BCUT2D eigenvalue weighted by Gasteiger charge is -2.25. The second-order valence-electron chi connectivity index (χ2n) is 5.65. The lowest BCUT2D eigenvalue weighted by Crippen LogP contribution is -2.38. The molecule has 0 saturated heterocycles. The van der Waals surface area contributed by atoms with E-state index >= 15 is 0 Å². The summed E-state index contributed by atoms with van der Waals surface area (Å²) in [5.74, 6) is -0.989. The van der Waals surface area contributed by atoms with Crippen molar-refractivity contribution in [3.63, 3.8) is 0 Å². The Morgan fingerprint density at radius 2 is 1.62 bits per heavy atom. The van der Waals surface area contributed by atoms with E-state index in [9.17, 15) is 18.0 Å². The summed E-state index contributed by atoms with van der Waals surface area (Å²) < 4.78 is 29.5. The van der Waals surface area contributed by atoms with Crippen molar-refractivity contribution < 1.29 is 22.7 Å². The Morgan fingerprint density at radius 1 is 1.04 bits per heavy atom. The minimum atomic E-state index is -3.60. The molecule has 1 unspecified atom stereocenters. The third-order valence-electron chi connectivity index (χ3n) is 3.82. The van der Waals surface area contributed by atoms with E-state index in [1.165, 1.54) is 26.3 Å². The van der Waals surface area contributed by atoms with Crippen LogP contribution < -0.4 is 5.32 Å². The molecule has 2 aromatic rings. The SMILES string of the molecule is COC(=O)c1ccc(NC(=O)C(c2ccccc2)N(C)S(C)(=O)=O)cc1. The van der Waals surface area contributed by atoms with Crippen molar-refractivity contribution in [2.24, 2.45) is 0 Å². The van der Waals surface area contributed by atoms with E-state index in [0.29, 0.717) is 16.8 Å². The number of rotatable bonds is 6. The maximum atomic E-state index is 12.8. The van der Waals surface area contributed by atoms with Crippen LogP contribution in [-0.2, 0) is 19.6 Å². The van der Waals surface area contributed by atoms with Crippen molar-refractivity contribution in [3.8, 4) is 0 Å². The average Bonchev–Trinajstić information content (AvgIpc) is 2.62. The zero-order valence-corrected chi connectivity index (χ0v) is 15.5. The number of carbonyl (C=O) groups is 2. The molecule has 0 bridgehead atoms. The third-order valence-corrected chi connectivity index (χ3v) is 5.08. The molecule has 1 N–H and O–H groups in total. The normalized spacial score (nSPS) is 12.5. The monoisotopic (exact) mass is 376 g/mol. The van der Waals surface area contributed by atoms with Crippen LogP contribution in [-0.4, -0.2) is 45.0 Å². The lowest BCUT2D eigenvalue weighted by molar-refractivity contribution is -0.119. The zero-order chi connectivity index (χ0) is 19.3. The predicted molar refractivity (Wildman–Crippen MR) is 98.2 cm³/mol. The van der Waals surface area contributed by atoms with Crippen LogP contribution in [0, 0.1) is 0 Å². The highest BCUT2D eigenvalue weighted by Crippen LogP contribution is 2.24. The van der Waals surface area contributed by atoms with Crippen molar-refractivity contribution in [2.45, 2.75) is 6.04 Å². The number of anilines is 1. The first-order valence-electron chi connectivity index (χ1n) is 7.71. The minimum Gasteiger partial charge on any atom is -0.465 e. The molecule has 0 saturated carbocycles. The maximum Gasteiger partial charge on any atom is 0.337 e. The minimum absolute atomic E-state index is 0.346. The van der Waals surface area contributed by atoms with Gasteiger partial charge >= 0.3 is 5.97 Å². The highest BCUT2D eigenvalue weighted by molar-refractivity contribution is 7.88. The Hall–Kier alpha value is -2.71. The fourth-order valence-electron chi connectivity index (χ4n) is 2.37. The predicted octanol–water partition coefficient (Wildman–Crippen LogP) is 2.04. The average molecular weight is 376 g/mol. The molecular formula is C18H20N2O5S. The maximum absolute atomic E-state index is 12.8. The molecule has 0 radical (unpaired) electrons. The summed E-state index contributed by atoms with van der Waals surface area (Å²) in [6, 6.07) is 13.7. The van der Waals surface area contributed by atoms with Gasteiger partial charge in [0.1, 0.15) is 6.04 Å². The number of hydrogen-bond acceptors (Lipinski definition) is 5. The van der Waals surface area contributed by atoms with Crippen LogP contribution in [0.4, 0.5) is 5.69 Å². The zero-order valence-electron chi connectivity index (χ0n) is 14.7. The molecule has 2 aromatic carbocycles. The number of esters is 1. The number of hydrogen-bond donors (Lipinski definition) is 1. The van der Waals surface area contributed by atoms with E-state index in [-0.39, 0.29) is 0 Å². The Kier molecular flexibility index (Phi) is 6.12. The first-order chi connectivity index (χ1) is 12.2. The van der Waals surface area contributed by atoms with E-state index in [1.807, 2.05) is 0 Å². The number of amides is 1. The van der Waals surface area contributed by atoms with Gasteiger partial charge in [-0.3, -0.25) is 4.79 Å². The van der Waals surface area contributed by atoms with Crippen LogP contribution in [0.5, 0.6) is 0 Å². The molecular weight excluding hydrogens is 356 g/mol. The molecule has 26 heavy (non-hydrogen) atoms. The van der Waals surface area contributed by atoms with Gasteiger partial charge in [-0.15, -0.1) is 0 Å². The van der Waals surface area contributed by atoms with Gasteiger partial charge in [-0.05, 0) is 29.8 Å². The number of ether oxygens (including phenoxy) is 1. The van der Waals surface area contributed by atoms with E-state index in [2.05, 4.69) is 10.1 Å². The Bertz CT molecular complexity index is 880. The van der Waals surface area contributed by atoms with E-state index in [1.54, 1.807) is 42.5 Å². The Balaban J connectivity index is 2.28. The van der Waals surface area contributed by atoms with Gasteiger partial charge in [-0.25, -0.2) is 13.2 Å². The summed E-state index contributed by atoms with van der Waals surface area (Å²) in [5, 5.41) is 2.68. The Morgan fingerprint density at radius 3 is 2.12 bits per heavy atom. The molecule has 0 aromatic heterocycles. The van der Waals surface area contributed by atoms with Crippen molar-refractivity contribution in [3.05, 3.63) is 65.7 Å². The molecule has 0 heterocycles. The standard InChI is InChI=1S/C18H20N2O5S/c1-20(26(3,23)24)16(13-7-5-4-6-8-13)17(21)19-15-11-9-14(10-12-15)18(22)25-2/h4-12,16H,1-3H3,(H,19,21). The highest BCUT2D eigenvalue weighted by atomic mass is 32.2. The molecule has 1 amide bonds. The lowest BCUT2D eigenvalue weighted by atomic mass is 10.1. The molecule has 0 aliphatic rings. The summed E-state index contributed by atoms with van der Waals surface area (Å²) in [7, 11) is -0.962. The van der Waals surface area contributed by atoms with Crippen LogP contribution in [0.3, 0.4) is 0 Å². The quantitative estimate of drug-likeness (QED) is 0.779. The van der Waals surface area contributed by atoms with Crippen molar-refractivity contribution in [1.29, 1.82) is 0 Å². The van der Waals surface area contributed by atoms with Crippen molar-refractivity contribution >= 4 is 27.6 Å².